The molecule has 0 heterocycles. The lowest BCUT2D eigenvalue weighted by molar-refractivity contribution is -0.0247. The molecule has 0 unspecified atom stereocenters. The smallest absolute Gasteiger partial charge is 0.0701 e. The number of azide groups is 1. The first kappa shape index (κ1) is 31.9. The summed E-state index contributed by atoms with van der Waals surface area (Å²) in [6.45, 7) is 9.99. The SMILES string of the molecule is [N-]=[N+]=NCCOCCOCCOCCOCCOCCOCCOCCOCCOCCN. The third-order valence-electron chi connectivity index (χ3n) is 3.64. The number of ether oxygens (including phenoxy) is 9. The lowest BCUT2D eigenvalue weighted by Crippen LogP contribution is -2.15. The van der Waals surface area contributed by atoms with Gasteiger partial charge in [0, 0.05) is 18.0 Å². The number of rotatable bonds is 29. The highest BCUT2D eigenvalue weighted by atomic mass is 16.6. The highest BCUT2D eigenvalue weighted by Crippen LogP contribution is 1.86. The predicted octanol–water partition coefficient (Wildman–Crippen LogP) is 0.405. The highest BCUT2D eigenvalue weighted by molar-refractivity contribution is 4.44. The second kappa shape index (κ2) is 30.9. The van der Waals surface area contributed by atoms with E-state index in [2.05, 4.69) is 10.0 Å². The zero-order valence-electron chi connectivity index (χ0n) is 19.7. The van der Waals surface area contributed by atoms with Crippen LogP contribution in [-0.4, -0.2) is 132 Å². The van der Waals surface area contributed by atoms with E-state index in [0.717, 1.165) is 0 Å². The molecule has 0 bridgehead atoms. The molecule has 0 amide bonds. The molecule has 0 spiro atoms. The van der Waals surface area contributed by atoms with Crippen LogP contribution in [0.5, 0.6) is 0 Å². The van der Waals surface area contributed by atoms with Gasteiger partial charge in [0.15, 0.2) is 0 Å². The maximum atomic E-state index is 8.10. The third-order valence-corrected chi connectivity index (χ3v) is 3.64. The second-order valence-corrected chi connectivity index (χ2v) is 6.25. The van der Waals surface area contributed by atoms with Gasteiger partial charge in [-0.2, -0.15) is 0 Å². The fraction of sp³-hybridized carbons (Fsp3) is 1.00. The van der Waals surface area contributed by atoms with Crippen LogP contribution < -0.4 is 5.73 Å². The van der Waals surface area contributed by atoms with E-state index in [9.17, 15) is 0 Å². The van der Waals surface area contributed by atoms with Crippen molar-refractivity contribution in [2.75, 3.05) is 132 Å². The van der Waals surface area contributed by atoms with E-state index in [4.69, 9.17) is 53.9 Å². The van der Waals surface area contributed by atoms with Crippen molar-refractivity contribution in [1.82, 2.24) is 0 Å². The van der Waals surface area contributed by atoms with Crippen molar-refractivity contribution in [3.8, 4) is 0 Å². The van der Waals surface area contributed by atoms with E-state index < -0.39 is 0 Å². The molecule has 13 heteroatoms. The van der Waals surface area contributed by atoms with Crippen LogP contribution in [0.3, 0.4) is 0 Å². The predicted molar refractivity (Wildman–Crippen MR) is 120 cm³/mol. The third kappa shape index (κ3) is 30.9. The average Bonchev–Trinajstić information content (AvgIpc) is 2.83. The summed E-state index contributed by atoms with van der Waals surface area (Å²) in [5.41, 5.74) is 13.4. The van der Waals surface area contributed by atoms with Crippen LogP contribution in [0.2, 0.25) is 0 Å². The van der Waals surface area contributed by atoms with Crippen LogP contribution >= 0.6 is 0 Å². The summed E-state index contributed by atoms with van der Waals surface area (Å²) in [6.07, 6.45) is 0. The Morgan fingerprint density at radius 2 is 0.667 bits per heavy atom. The molecule has 0 radical (unpaired) electrons. The minimum atomic E-state index is 0.332. The van der Waals surface area contributed by atoms with Gasteiger partial charge in [0.25, 0.3) is 0 Å². The molecule has 0 saturated carbocycles. The van der Waals surface area contributed by atoms with E-state index >= 15 is 0 Å². The van der Waals surface area contributed by atoms with Crippen LogP contribution in [0.25, 0.3) is 10.4 Å². The summed E-state index contributed by atoms with van der Waals surface area (Å²) in [4.78, 5) is 2.63. The van der Waals surface area contributed by atoms with Crippen molar-refractivity contribution in [3.63, 3.8) is 0 Å². The van der Waals surface area contributed by atoms with Crippen LogP contribution in [0.15, 0.2) is 5.11 Å². The second-order valence-electron chi connectivity index (χ2n) is 6.25. The Morgan fingerprint density at radius 3 is 0.909 bits per heavy atom. The van der Waals surface area contributed by atoms with E-state index in [1.807, 2.05) is 0 Å². The van der Waals surface area contributed by atoms with Crippen molar-refractivity contribution in [3.05, 3.63) is 10.4 Å². The maximum Gasteiger partial charge on any atom is 0.0701 e. The fourth-order valence-corrected chi connectivity index (χ4v) is 2.09. The molecule has 196 valence electrons. The standard InChI is InChI=1S/C20H42N4O9/c21-1-3-25-5-7-27-9-11-29-13-15-31-17-19-33-20-18-32-16-14-30-12-10-28-8-6-26-4-2-23-24-22/h1-21H2. The molecule has 2 N–H and O–H groups in total. The highest BCUT2D eigenvalue weighted by Gasteiger charge is 1.95. The van der Waals surface area contributed by atoms with Gasteiger partial charge in [-0.3, -0.25) is 0 Å². The lowest BCUT2D eigenvalue weighted by atomic mass is 10.6. The van der Waals surface area contributed by atoms with E-state index in [0.29, 0.717) is 132 Å². The Kier molecular flexibility index (Phi) is 29.9. The molecule has 0 rings (SSSR count). The zero-order chi connectivity index (χ0) is 23.9. The quantitative estimate of drug-likeness (QED) is 0.0685. The Bertz CT molecular complexity index is 419. The van der Waals surface area contributed by atoms with E-state index in [1.54, 1.807) is 0 Å². The molecule has 0 saturated heterocycles. The largest absolute Gasteiger partial charge is 0.379 e. The summed E-state index contributed by atoms with van der Waals surface area (Å²) < 4.78 is 48.1. The molecule has 0 aromatic carbocycles. The van der Waals surface area contributed by atoms with Gasteiger partial charge in [0.1, 0.15) is 0 Å². The van der Waals surface area contributed by atoms with Gasteiger partial charge in [-0.15, -0.1) is 0 Å². The molecule has 13 nitrogen and oxygen atoms in total. The maximum absolute atomic E-state index is 8.10. The molecular weight excluding hydrogens is 440 g/mol. The van der Waals surface area contributed by atoms with Crippen molar-refractivity contribution >= 4 is 0 Å². The van der Waals surface area contributed by atoms with Crippen LogP contribution in [0, 0.1) is 0 Å². The number of hydrogen-bond acceptors (Lipinski definition) is 11. The first-order valence-corrected chi connectivity index (χ1v) is 11.3. The molecule has 0 aromatic heterocycles. The number of nitrogens with two attached hydrogens (primary N) is 1. The number of hydrogen-bond donors (Lipinski definition) is 1. The summed E-state index contributed by atoms with van der Waals surface area (Å²) in [6, 6.07) is 0. The lowest BCUT2D eigenvalue weighted by Gasteiger charge is -2.08. The van der Waals surface area contributed by atoms with Crippen molar-refractivity contribution < 1.29 is 42.6 Å². The Balaban J connectivity index is 3.01. The topological polar surface area (TPSA) is 158 Å². The zero-order valence-corrected chi connectivity index (χ0v) is 19.7. The van der Waals surface area contributed by atoms with Crippen molar-refractivity contribution in [2.24, 2.45) is 10.8 Å². The Labute approximate surface area is 196 Å². The molecule has 0 aliphatic heterocycles. The van der Waals surface area contributed by atoms with Gasteiger partial charge in [-0.05, 0) is 5.53 Å². The molecule has 0 aliphatic carbocycles. The van der Waals surface area contributed by atoms with Gasteiger partial charge >= 0.3 is 0 Å². The minimum absolute atomic E-state index is 0.332. The van der Waals surface area contributed by atoms with Crippen molar-refractivity contribution in [2.45, 2.75) is 0 Å². The normalized spacial score (nSPS) is 11.1. The summed E-state index contributed by atoms with van der Waals surface area (Å²) in [5, 5.41) is 3.36. The van der Waals surface area contributed by atoms with Crippen molar-refractivity contribution in [1.29, 1.82) is 0 Å². The van der Waals surface area contributed by atoms with Gasteiger partial charge in [-0.25, -0.2) is 0 Å². The Hall–Kier alpha value is -1.09. The van der Waals surface area contributed by atoms with E-state index in [-0.39, 0.29) is 0 Å². The van der Waals surface area contributed by atoms with Gasteiger partial charge in [0.05, 0.1) is 119 Å². The summed E-state index contributed by atoms with van der Waals surface area (Å²) >= 11 is 0. The summed E-state index contributed by atoms with van der Waals surface area (Å²) in [7, 11) is 0. The monoisotopic (exact) mass is 482 g/mol. The van der Waals surface area contributed by atoms with Crippen LogP contribution in [-0.2, 0) is 42.6 Å². The van der Waals surface area contributed by atoms with E-state index in [1.165, 1.54) is 0 Å². The number of nitrogens with zero attached hydrogens (tertiary/aromatic N) is 3. The molecule has 0 fully saturated rings. The first-order chi connectivity index (χ1) is 16.4. The van der Waals surface area contributed by atoms with Gasteiger partial charge in [0.2, 0.25) is 0 Å². The first-order valence-electron chi connectivity index (χ1n) is 11.3. The van der Waals surface area contributed by atoms with Gasteiger partial charge in [-0.1, -0.05) is 5.11 Å². The molecule has 33 heavy (non-hydrogen) atoms. The molecule has 0 aromatic rings. The van der Waals surface area contributed by atoms with Gasteiger partial charge < -0.3 is 48.4 Å². The average molecular weight is 483 g/mol. The summed E-state index contributed by atoms with van der Waals surface area (Å²) in [5.74, 6) is 0. The Morgan fingerprint density at radius 1 is 0.424 bits per heavy atom. The van der Waals surface area contributed by atoms with Crippen LogP contribution in [0.4, 0.5) is 0 Å². The molecular formula is C20H42N4O9. The molecule has 0 atom stereocenters. The minimum Gasteiger partial charge on any atom is -0.379 e. The van der Waals surface area contributed by atoms with Crippen LogP contribution in [0.1, 0.15) is 0 Å². The molecule has 0 aliphatic rings. The fourth-order valence-electron chi connectivity index (χ4n) is 2.09.